The zero-order chi connectivity index (χ0) is 18.8. The van der Waals surface area contributed by atoms with Gasteiger partial charge in [0.25, 0.3) is 0 Å². The molecule has 8 heteroatoms. The second kappa shape index (κ2) is 7.41. The summed E-state index contributed by atoms with van der Waals surface area (Å²) in [5.74, 6) is 0.532. The summed E-state index contributed by atoms with van der Waals surface area (Å²) in [5.41, 5.74) is 2.02. The molecule has 138 valence electrons. The first kappa shape index (κ1) is 18.3. The topological polar surface area (TPSA) is 75.6 Å². The molecule has 0 saturated carbocycles. The van der Waals surface area contributed by atoms with E-state index in [2.05, 4.69) is 9.97 Å². The Labute approximate surface area is 156 Å². The maximum absolute atomic E-state index is 12.5. The van der Waals surface area contributed by atoms with E-state index in [1.807, 2.05) is 19.2 Å². The number of carbonyl (C=O) groups is 2. The zero-order valence-electron chi connectivity index (χ0n) is 15.4. The molecule has 0 aromatic carbocycles. The molecule has 26 heavy (non-hydrogen) atoms. The third-order valence-electron chi connectivity index (χ3n) is 3.99. The molecule has 0 spiro atoms. The van der Waals surface area contributed by atoms with Crippen molar-refractivity contribution < 1.29 is 14.3 Å². The highest BCUT2D eigenvalue weighted by atomic mass is 32.1. The lowest BCUT2D eigenvalue weighted by Crippen LogP contribution is -2.58. The summed E-state index contributed by atoms with van der Waals surface area (Å²) in [6, 6.07) is 3.46. The lowest BCUT2D eigenvalue weighted by molar-refractivity contribution is 0.0355. The van der Waals surface area contributed by atoms with Crippen LogP contribution in [0.4, 0.5) is 4.79 Å². The molecule has 0 aliphatic carbocycles. The molecule has 3 rings (SSSR count). The Kier molecular flexibility index (Phi) is 5.22. The third-order valence-corrected chi connectivity index (χ3v) is 4.96. The number of aryl methyl sites for hydroxylation is 2. The lowest BCUT2D eigenvalue weighted by Gasteiger charge is -2.40. The number of rotatable bonds is 5. The number of ether oxygens (including phenoxy) is 1. The van der Waals surface area contributed by atoms with Gasteiger partial charge in [0.05, 0.1) is 19.5 Å². The highest BCUT2D eigenvalue weighted by molar-refractivity contribution is 7.09. The van der Waals surface area contributed by atoms with Crippen LogP contribution in [0, 0.1) is 13.8 Å². The molecule has 1 aliphatic heterocycles. The van der Waals surface area contributed by atoms with E-state index in [0.29, 0.717) is 24.5 Å². The van der Waals surface area contributed by atoms with Crippen LogP contribution in [0.15, 0.2) is 17.5 Å². The molecule has 7 nitrogen and oxygen atoms in total. The van der Waals surface area contributed by atoms with Crippen LogP contribution in [0.1, 0.15) is 26.9 Å². The average molecular weight is 374 g/mol. The molecule has 2 amide bonds. The molecule has 1 saturated heterocycles. The van der Waals surface area contributed by atoms with E-state index < -0.39 is 0 Å². The summed E-state index contributed by atoms with van der Waals surface area (Å²) in [7, 11) is 3.45. The number of amides is 2. The van der Waals surface area contributed by atoms with E-state index in [9.17, 15) is 9.59 Å². The standard InChI is InChI=1S/C18H22N4O3S/c1-11-5-13(25-14-8-22(9-14)18(24)21(3)4)6-15(19-11)16(23)7-17-20-12(2)10-26-17/h5-6,10,14H,7-9H2,1-4H3. The van der Waals surface area contributed by atoms with Gasteiger partial charge < -0.3 is 14.5 Å². The zero-order valence-corrected chi connectivity index (χ0v) is 16.2. The van der Waals surface area contributed by atoms with Crippen molar-refractivity contribution in [3.05, 3.63) is 39.6 Å². The number of Topliss-reactive ketones (excluding diaryl/α,β-unsaturated/α-hetero) is 1. The molecule has 0 bridgehead atoms. The minimum Gasteiger partial charge on any atom is -0.487 e. The Bertz CT molecular complexity index is 828. The molecule has 0 N–H and O–H groups in total. The number of hydrogen-bond acceptors (Lipinski definition) is 6. The van der Waals surface area contributed by atoms with Crippen molar-refractivity contribution in [1.29, 1.82) is 0 Å². The summed E-state index contributed by atoms with van der Waals surface area (Å²) in [6.07, 6.45) is 0.174. The quantitative estimate of drug-likeness (QED) is 0.751. The van der Waals surface area contributed by atoms with Gasteiger partial charge in [0.2, 0.25) is 0 Å². The van der Waals surface area contributed by atoms with E-state index in [0.717, 1.165) is 16.4 Å². The van der Waals surface area contributed by atoms with Gasteiger partial charge in [-0.05, 0) is 13.8 Å². The minimum atomic E-state index is -0.0779. The van der Waals surface area contributed by atoms with Crippen molar-refractivity contribution in [2.24, 2.45) is 0 Å². The molecule has 1 aliphatic rings. The number of thiazole rings is 1. The van der Waals surface area contributed by atoms with Crippen LogP contribution in [-0.2, 0) is 6.42 Å². The van der Waals surface area contributed by atoms with Crippen LogP contribution < -0.4 is 4.74 Å². The highest BCUT2D eigenvalue weighted by Gasteiger charge is 2.33. The van der Waals surface area contributed by atoms with Gasteiger partial charge >= 0.3 is 6.03 Å². The molecular formula is C18H22N4O3S. The molecular weight excluding hydrogens is 352 g/mol. The number of pyridine rings is 1. The third kappa shape index (κ3) is 4.19. The largest absolute Gasteiger partial charge is 0.487 e. The van der Waals surface area contributed by atoms with Crippen LogP contribution in [0.3, 0.4) is 0 Å². The normalized spacial score (nSPS) is 14.1. The van der Waals surface area contributed by atoms with E-state index in [-0.39, 0.29) is 24.3 Å². The van der Waals surface area contributed by atoms with Crippen molar-refractivity contribution >= 4 is 23.2 Å². The Morgan fingerprint density at radius 2 is 1.96 bits per heavy atom. The monoisotopic (exact) mass is 374 g/mol. The number of aromatic nitrogens is 2. The Hall–Kier alpha value is -2.48. The second-order valence-electron chi connectivity index (χ2n) is 6.63. The molecule has 0 unspecified atom stereocenters. The molecule has 0 atom stereocenters. The fourth-order valence-corrected chi connectivity index (χ4v) is 3.47. The van der Waals surface area contributed by atoms with Crippen molar-refractivity contribution in [3.63, 3.8) is 0 Å². The molecule has 2 aromatic rings. The van der Waals surface area contributed by atoms with Crippen molar-refractivity contribution in [3.8, 4) is 5.75 Å². The average Bonchev–Trinajstić information content (AvgIpc) is 2.94. The predicted octanol–water partition coefficient (Wildman–Crippen LogP) is 2.32. The number of ketones is 1. The van der Waals surface area contributed by atoms with Gasteiger partial charge in [0, 0.05) is 43.0 Å². The maximum atomic E-state index is 12.5. The summed E-state index contributed by atoms with van der Waals surface area (Å²) in [5, 5.41) is 2.72. The van der Waals surface area contributed by atoms with Crippen molar-refractivity contribution in [2.75, 3.05) is 27.2 Å². The Morgan fingerprint density at radius 1 is 1.23 bits per heavy atom. The number of likely N-dealkylation sites (tertiary alicyclic amines) is 1. The number of carbonyl (C=O) groups excluding carboxylic acids is 2. The first-order valence-electron chi connectivity index (χ1n) is 8.37. The van der Waals surface area contributed by atoms with E-state index in [1.165, 1.54) is 11.3 Å². The molecule has 3 heterocycles. The fourth-order valence-electron chi connectivity index (χ4n) is 2.70. The predicted molar refractivity (Wildman–Crippen MR) is 98.9 cm³/mol. The summed E-state index contributed by atoms with van der Waals surface area (Å²) >= 11 is 1.48. The highest BCUT2D eigenvalue weighted by Crippen LogP contribution is 2.21. The van der Waals surface area contributed by atoms with Gasteiger partial charge in [-0.25, -0.2) is 14.8 Å². The first-order valence-corrected chi connectivity index (χ1v) is 9.25. The van der Waals surface area contributed by atoms with Crippen molar-refractivity contribution in [2.45, 2.75) is 26.4 Å². The number of nitrogens with zero attached hydrogens (tertiary/aromatic N) is 4. The van der Waals surface area contributed by atoms with Gasteiger partial charge in [0.1, 0.15) is 22.6 Å². The van der Waals surface area contributed by atoms with E-state index in [1.54, 1.807) is 36.0 Å². The number of hydrogen-bond donors (Lipinski definition) is 0. The summed E-state index contributed by atoms with van der Waals surface area (Å²) in [6.45, 7) is 4.82. The Balaban J connectivity index is 1.63. The van der Waals surface area contributed by atoms with Gasteiger partial charge in [0.15, 0.2) is 5.78 Å². The summed E-state index contributed by atoms with van der Waals surface area (Å²) in [4.78, 5) is 36.3. The SMILES string of the molecule is Cc1cc(OC2CN(C(=O)N(C)C)C2)cc(C(=O)Cc2nc(C)cs2)n1. The molecule has 1 fully saturated rings. The lowest BCUT2D eigenvalue weighted by atomic mass is 10.1. The van der Waals surface area contributed by atoms with Gasteiger partial charge in [-0.3, -0.25) is 4.79 Å². The molecule has 0 radical (unpaired) electrons. The van der Waals surface area contributed by atoms with E-state index >= 15 is 0 Å². The smallest absolute Gasteiger partial charge is 0.319 e. The van der Waals surface area contributed by atoms with Gasteiger partial charge in [-0.1, -0.05) is 0 Å². The van der Waals surface area contributed by atoms with Crippen LogP contribution in [0.2, 0.25) is 0 Å². The summed E-state index contributed by atoms with van der Waals surface area (Å²) < 4.78 is 5.92. The van der Waals surface area contributed by atoms with Crippen LogP contribution in [0.5, 0.6) is 5.75 Å². The van der Waals surface area contributed by atoms with Crippen LogP contribution in [0.25, 0.3) is 0 Å². The van der Waals surface area contributed by atoms with Crippen LogP contribution >= 0.6 is 11.3 Å². The Morgan fingerprint density at radius 3 is 2.58 bits per heavy atom. The minimum absolute atomic E-state index is 0.0228. The van der Waals surface area contributed by atoms with Crippen LogP contribution in [-0.4, -0.2) is 64.9 Å². The van der Waals surface area contributed by atoms with Crippen molar-refractivity contribution in [1.82, 2.24) is 19.8 Å². The van der Waals surface area contributed by atoms with Gasteiger partial charge in [-0.2, -0.15) is 0 Å². The van der Waals surface area contributed by atoms with E-state index in [4.69, 9.17) is 4.74 Å². The van der Waals surface area contributed by atoms with Gasteiger partial charge in [-0.15, -0.1) is 11.3 Å². The maximum Gasteiger partial charge on any atom is 0.319 e. The first-order chi connectivity index (χ1) is 12.3. The fraction of sp³-hybridized carbons (Fsp3) is 0.444. The molecule has 2 aromatic heterocycles. The second-order valence-corrected chi connectivity index (χ2v) is 7.58. The number of urea groups is 1.